The zero-order chi connectivity index (χ0) is 14.3. The van der Waals surface area contributed by atoms with Gasteiger partial charge in [0.05, 0.1) is 13.2 Å². The van der Waals surface area contributed by atoms with E-state index in [0.29, 0.717) is 5.92 Å². The molecular weight excluding hydrogens is 304 g/mol. The fourth-order valence-electron chi connectivity index (χ4n) is 2.22. The van der Waals surface area contributed by atoms with E-state index >= 15 is 0 Å². The summed E-state index contributed by atoms with van der Waals surface area (Å²) in [7, 11) is 0. The lowest BCUT2D eigenvalue weighted by atomic mass is 10.0. The van der Waals surface area contributed by atoms with Gasteiger partial charge in [-0.25, -0.2) is 0 Å². The van der Waals surface area contributed by atoms with Gasteiger partial charge in [-0.2, -0.15) is 0 Å². The Morgan fingerprint density at radius 1 is 1.32 bits per heavy atom. The Balaban J connectivity index is 2.70. The van der Waals surface area contributed by atoms with Crippen LogP contribution in [0.2, 0.25) is 0 Å². The summed E-state index contributed by atoms with van der Waals surface area (Å²) in [5.41, 5.74) is 1.93. The van der Waals surface area contributed by atoms with Crippen LogP contribution in [-0.2, 0) is 6.61 Å². The van der Waals surface area contributed by atoms with Gasteiger partial charge >= 0.3 is 0 Å². The largest absolute Gasteiger partial charge is 0.493 e. The number of aliphatic hydroxyl groups is 1. The van der Waals surface area contributed by atoms with E-state index in [1.807, 2.05) is 19.1 Å². The Morgan fingerprint density at radius 3 is 2.63 bits per heavy atom. The number of rotatable bonds is 8. The molecule has 1 unspecified atom stereocenters. The van der Waals surface area contributed by atoms with Gasteiger partial charge in [0.15, 0.2) is 0 Å². The summed E-state index contributed by atoms with van der Waals surface area (Å²) in [6, 6.07) is 3.96. The third-order valence-electron chi connectivity index (χ3n) is 3.49. The second kappa shape index (κ2) is 8.60. The van der Waals surface area contributed by atoms with Crippen molar-refractivity contribution in [3.8, 4) is 5.75 Å². The summed E-state index contributed by atoms with van der Waals surface area (Å²) in [4.78, 5) is 0. The van der Waals surface area contributed by atoms with Crippen molar-refractivity contribution < 1.29 is 9.84 Å². The normalized spacial score (nSPS) is 12.5. The minimum absolute atomic E-state index is 0.0152. The van der Waals surface area contributed by atoms with Gasteiger partial charge in [0.1, 0.15) is 5.75 Å². The maximum Gasteiger partial charge on any atom is 0.127 e. The molecule has 0 spiro atoms. The van der Waals surface area contributed by atoms with Crippen LogP contribution in [0.25, 0.3) is 0 Å². The highest BCUT2D eigenvalue weighted by Gasteiger charge is 2.12. The minimum Gasteiger partial charge on any atom is -0.493 e. The molecular formula is C16H25BrO2. The molecule has 2 nitrogen and oxygen atoms in total. The molecule has 0 aliphatic carbocycles. The van der Waals surface area contributed by atoms with Gasteiger partial charge in [0.2, 0.25) is 0 Å². The molecule has 0 aliphatic heterocycles. The van der Waals surface area contributed by atoms with Crippen LogP contribution in [-0.4, -0.2) is 11.7 Å². The lowest BCUT2D eigenvalue weighted by Crippen LogP contribution is -2.13. The van der Waals surface area contributed by atoms with Crippen LogP contribution in [0.3, 0.4) is 0 Å². The van der Waals surface area contributed by atoms with Crippen molar-refractivity contribution >= 4 is 15.9 Å². The number of hydrogen-bond acceptors (Lipinski definition) is 2. The molecule has 0 saturated carbocycles. The standard InChI is InChI=1S/C16H25BrO2/c1-4-6-7-13(5-2)11-19-16-12(3)8-15(17)9-14(16)10-18/h8-9,13,18H,4-7,10-11H2,1-3H3. The molecule has 19 heavy (non-hydrogen) atoms. The van der Waals surface area contributed by atoms with Crippen LogP contribution in [0.1, 0.15) is 50.7 Å². The second-order valence-electron chi connectivity index (χ2n) is 5.10. The van der Waals surface area contributed by atoms with Crippen molar-refractivity contribution in [1.29, 1.82) is 0 Å². The number of unbranched alkanes of at least 4 members (excludes halogenated alkanes) is 1. The summed E-state index contributed by atoms with van der Waals surface area (Å²) < 4.78 is 6.97. The summed E-state index contributed by atoms with van der Waals surface area (Å²) in [6.07, 6.45) is 4.85. The minimum atomic E-state index is 0.0152. The van der Waals surface area contributed by atoms with Crippen LogP contribution in [0.15, 0.2) is 16.6 Å². The molecule has 0 amide bonds. The van der Waals surface area contributed by atoms with E-state index in [-0.39, 0.29) is 6.61 Å². The first-order valence-corrected chi connectivity index (χ1v) is 7.94. The molecule has 0 bridgehead atoms. The molecule has 0 saturated heterocycles. The van der Waals surface area contributed by atoms with Crippen LogP contribution in [0.5, 0.6) is 5.75 Å². The summed E-state index contributed by atoms with van der Waals surface area (Å²) in [5.74, 6) is 1.45. The first-order chi connectivity index (χ1) is 9.12. The molecule has 1 rings (SSSR count). The summed E-state index contributed by atoms with van der Waals surface area (Å²) in [6.45, 7) is 7.21. The van der Waals surface area contributed by atoms with Gasteiger partial charge in [-0.15, -0.1) is 0 Å². The maximum atomic E-state index is 9.43. The maximum absolute atomic E-state index is 9.43. The highest BCUT2D eigenvalue weighted by molar-refractivity contribution is 9.10. The van der Waals surface area contributed by atoms with Crippen LogP contribution in [0, 0.1) is 12.8 Å². The Hall–Kier alpha value is -0.540. The predicted molar refractivity (Wildman–Crippen MR) is 83.6 cm³/mol. The SMILES string of the molecule is CCCCC(CC)COc1c(C)cc(Br)cc1CO. The fourth-order valence-corrected chi connectivity index (χ4v) is 2.84. The van der Waals surface area contributed by atoms with Gasteiger partial charge in [-0.1, -0.05) is 49.0 Å². The predicted octanol–water partition coefficient (Wildman–Crippen LogP) is 4.85. The molecule has 0 radical (unpaired) electrons. The lowest BCUT2D eigenvalue weighted by Gasteiger charge is -2.19. The number of benzene rings is 1. The third kappa shape index (κ3) is 5.15. The van der Waals surface area contributed by atoms with Gasteiger partial charge in [0.25, 0.3) is 0 Å². The molecule has 1 aromatic carbocycles. The Labute approximate surface area is 125 Å². The number of halogens is 1. The van der Waals surface area contributed by atoms with E-state index in [4.69, 9.17) is 4.74 Å². The van der Waals surface area contributed by atoms with Gasteiger partial charge in [0, 0.05) is 10.0 Å². The van der Waals surface area contributed by atoms with Crippen molar-refractivity contribution in [1.82, 2.24) is 0 Å². The van der Waals surface area contributed by atoms with E-state index in [1.54, 1.807) is 0 Å². The lowest BCUT2D eigenvalue weighted by molar-refractivity contribution is 0.220. The number of hydrogen-bond donors (Lipinski definition) is 1. The van der Waals surface area contributed by atoms with E-state index < -0.39 is 0 Å². The zero-order valence-corrected chi connectivity index (χ0v) is 13.8. The quantitative estimate of drug-likeness (QED) is 0.739. The van der Waals surface area contributed by atoms with E-state index in [9.17, 15) is 5.11 Å². The molecule has 1 atom stereocenters. The number of ether oxygens (including phenoxy) is 1. The van der Waals surface area contributed by atoms with Gasteiger partial charge in [-0.3, -0.25) is 0 Å². The van der Waals surface area contributed by atoms with Crippen molar-refractivity contribution in [3.63, 3.8) is 0 Å². The monoisotopic (exact) mass is 328 g/mol. The van der Waals surface area contributed by atoms with Crippen molar-refractivity contribution in [2.45, 2.75) is 53.1 Å². The zero-order valence-electron chi connectivity index (χ0n) is 12.2. The third-order valence-corrected chi connectivity index (χ3v) is 3.95. The first kappa shape index (κ1) is 16.5. The molecule has 3 heteroatoms. The highest BCUT2D eigenvalue weighted by Crippen LogP contribution is 2.29. The van der Waals surface area contributed by atoms with Crippen LogP contribution < -0.4 is 4.74 Å². The van der Waals surface area contributed by atoms with Crippen LogP contribution >= 0.6 is 15.9 Å². The van der Waals surface area contributed by atoms with E-state index in [2.05, 4.69) is 29.8 Å². The second-order valence-corrected chi connectivity index (χ2v) is 6.01. The number of aryl methyl sites for hydroxylation is 1. The summed E-state index contributed by atoms with van der Waals surface area (Å²) in [5, 5.41) is 9.43. The highest BCUT2D eigenvalue weighted by atomic mass is 79.9. The molecule has 1 aromatic rings. The molecule has 108 valence electrons. The molecule has 0 heterocycles. The Morgan fingerprint density at radius 2 is 2.05 bits per heavy atom. The molecule has 1 N–H and O–H groups in total. The first-order valence-electron chi connectivity index (χ1n) is 7.15. The van der Waals surface area contributed by atoms with Crippen molar-refractivity contribution in [2.75, 3.05) is 6.61 Å². The molecule has 0 aromatic heterocycles. The van der Waals surface area contributed by atoms with E-state index in [0.717, 1.165) is 34.4 Å². The van der Waals surface area contributed by atoms with Gasteiger partial charge in [-0.05, 0) is 37.0 Å². The summed E-state index contributed by atoms with van der Waals surface area (Å²) >= 11 is 3.45. The average molecular weight is 329 g/mol. The molecule has 0 fully saturated rings. The van der Waals surface area contributed by atoms with Crippen molar-refractivity contribution in [3.05, 3.63) is 27.7 Å². The van der Waals surface area contributed by atoms with Crippen molar-refractivity contribution in [2.24, 2.45) is 5.92 Å². The Bertz CT molecular complexity index is 391. The van der Waals surface area contributed by atoms with Gasteiger partial charge < -0.3 is 9.84 Å². The average Bonchev–Trinajstić information content (AvgIpc) is 2.40. The Kier molecular flexibility index (Phi) is 7.47. The molecule has 0 aliphatic rings. The fraction of sp³-hybridized carbons (Fsp3) is 0.625. The van der Waals surface area contributed by atoms with Crippen LogP contribution in [0.4, 0.5) is 0 Å². The topological polar surface area (TPSA) is 29.5 Å². The smallest absolute Gasteiger partial charge is 0.127 e. The van der Waals surface area contributed by atoms with E-state index in [1.165, 1.54) is 19.3 Å². The number of aliphatic hydroxyl groups excluding tert-OH is 1.